The molecule has 0 aliphatic carbocycles. The van der Waals surface area contributed by atoms with Crippen LogP contribution < -0.4 is 5.43 Å². The van der Waals surface area contributed by atoms with Gasteiger partial charge in [-0.05, 0) is 12.1 Å². The average Bonchev–Trinajstić information content (AvgIpc) is 2.46. The Kier molecular flexibility index (Phi) is 4.07. The minimum atomic E-state index is -0.991. The summed E-state index contributed by atoms with van der Waals surface area (Å²) in [5.41, 5.74) is 0.0212. The average molecular weight is 289 g/mol. The van der Waals surface area contributed by atoms with Gasteiger partial charge in [-0.25, -0.2) is 0 Å². The SMILES string of the molecule is CC(CN(C)C(=O)c1cc(=O)c2ccccc2o1)C(=O)O. The third-order valence-electron chi connectivity index (χ3n) is 3.16. The van der Waals surface area contributed by atoms with Crippen LogP contribution in [0.2, 0.25) is 0 Å². The Morgan fingerprint density at radius 1 is 1.33 bits per heavy atom. The van der Waals surface area contributed by atoms with Crippen LogP contribution in [-0.2, 0) is 4.79 Å². The first-order valence-corrected chi connectivity index (χ1v) is 6.41. The molecule has 1 aromatic heterocycles. The molecule has 0 saturated heterocycles. The standard InChI is InChI=1S/C15H15NO5/c1-9(15(19)20)8-16(2)14(18)13-7-11(17)10-5-3-4-6-12(10)21-13/h3-7,9H,8H2,1-2H3,(H,19,20). The monoisotopic (exact) mass is 289 g/mol. The van der Waals surface area contributed by atoms with Crippen LogP contribution in [0.5, 0.6) is 0 Å². The van der Waals surface area contributed by atoms with Gasteiger partial charge in [0.25, 0.3) is 5.91 Å². The number of para-hydroxylation sites is 1. The zero-order valence-corrected chi connectivity index (χ0v) is 11.7. The molecule has 1 heterocycles. The number of aliphatic carboxylic acids is 1. The zero-order chi connectivity index (χ0) is 15.6. The van der Waals surface area contributed by atoms with E-state index in [0.717, 1.165) is 6.07 Å². The van der Waals surface area contributed by atoms with Crippen molar-refractivity contribution in [2.24, 2.45) is 5.92 Å². The molecule has 0 aliphatic heterocycles. The molecule has 1 unspecified atom stereocenters. The van der Waals surface area contributed by atoms with E-state index >= 15 is 0 Å². The van der Waals surface area contributed by atoms with Gasteiger partial charge in [0, 0.05) is 19.7 Å². The smallest absolute Gasteiger partial charge is 0.308 e. The maximum Gasteiger partial charge on any atom is 0.308 e. The van der Waals surface area contributed by atoms with Crippen molar-refractivity contribution in [3.63, 3.8) is 0 Å². The Morgan fingerprint density at radius 3 is 2.67 bits per heavy atom. The molecule has 2 rings (SSSR count). The summed E-state index contributed by atoms with van der Waals surface area (Å²) in [6, 6.07) is 7.77. The highest BCUT2D eigenvalue weighted by Gasteiger charge is 2.21. The van der Waals surface area contributed by atoms with Crippen LogP contribution in [0, 0.1) is 5.92 Å². The van der Waals surface area contributed by atoms with Crippen LogP contribution in [0.4, 0.5) is 0 Å². The summed E-state index contributed by atoms with van der Waals surface area (Å²) in [6.07, 6.45) is 0. The van der Waals surface area contributed by atoms with Gasteiger partial charge in [-0.1, -0.05) is 19.1 Å². The molecule has 1 aromatic carbocycles. The molecule has 6 nitrogen and oxygen atoms in total. The van der Waals surface area contributed by atoms with Crippen molar-refractivity contribution < 1.29 is 19.1 Å². The van der Waals surface area contributed by atoms with E-state index in [4.69, 9.17) is 9.52 Å². The van der Waals surface area contributed by atoms with Gasteiger partial charge in [-0.15, -0.1) is 0 Å². The van der Waals surface area contributed by atoms with Crippen molar-refractivity contribution in [3.8, 4) is 0 Å². The molecule has 1 atom stereocenters. The van der Waals surface area contributed by atoms with Crippen LogP contribution in [0.1, 0.15) is 17.5 Å². The molecule has 0 aliphatic rings. The molecule has 0 saturated carbocycles. The molecule has 2 aromatic rings. The zero-order valence-electron chi connectivity index (χ0n) is 11.7. The molecule has 21 heavy (non-hydrogen) atoms. The number of carbonyl (C=O) groups is 2. The van der Waals surface area contributed by atoms with Crippen molar-refractivity contribution in [2.45, 2.75) is 6.92 Å². The van der Waals surface area contributed by atoms with E-state index in [9.17, 15) is 14.4 Å². The molecule has 0 radical (unpaired) electrons. The van der Waals surface area contributed by atoms with Crippen molar-refractivity contribution >= 4 is 22.8 Å². The maximum atomic E-state index is 12.2. The Balaban J connectivity index is 2.31. The quantitative estimate of drug-likeness (QED) is 0.923. The van der Waals surface area contributed by atoms with Gasteiger partial charge in [0.15, 0.2) is 11.2 Å². The number of amides is 1. The Hall–Kier alpha value is -2.63. The minimum Gasteiger partial charge on any atom is -0.481 e. The van der Waals surface area contributed by atoms with E-state index in [1.165, 1.54) is 18.9 Å². The van der Waals surface area contributed by atoms with E-state index < -0.39 is 17.8 Å². The number of rotatable bonds is 4. The molecular formula is C15H15NO5. The summed E-state index contributed by atoms with van der Waals surface area (Å²) in [6.45, 7) is 1.54. The number of carboxylic acid groups (broad SMARTS) is 1. The number of nitrogens with zero attached hydrogens (tertiary/aromatic N) is 1. The second-order valence-corrected chi connectivity index (χ2v) is 4.90. The van der Waals surface area contributed by atoms with Crippen LogP contribution in [0.15, 0.2) is 39.5 Å². The predicted molar refractivity (Wildman–Crippen MR) is 76.2 cm³/mol. The third-order valence-corrected chi connectivity index (χ3v) is 3.16. The van der Waals surface area contributed by atoms with Crippen molar-refractivity contribution in [1.29, 1.82) is 0 Å². The van der Waals surface area contributed by atoms with Gasteiger partial charge in [0.2, 0.25) is 0 Å². The van der Waals surface area contributed by atoms with Crippen LogP contribution >= 0.6 is 0 Å². The van der Waals surface area contributed by atoms with Crippen LogP contribution in [-0.4, -0.2) is 35.5 Å². The maximum absolute atomic E-state index is 12.2. The Labute approximate surface area is 120 Å². The molecule has 1 N–H and O–H groups in total. The van der Waals surface area contributed by atoms with Gasteiger partial charge in [0.05, 0.1) is 11.3 Å². The number of hydrogen-bond donors (Lipinski definition) is 1. The summed E-state index contributed by atoms with van der Waals surface area (Å²) in [4.78, 5) is 36.2. The normalized spacial score (nSPS) is 12.1. The largest absolute Gasteiger partial charge is 0.481 e. The number of benzene rings is 1. The molecule has 110 valence electrons. The van der Waals surface area contributed by atoms with E-state index in [1.807, 2.05) is 0 Å². The molecule has 0 spiro atoms. The third kappa shape index (κ3) is 3.10. The number of hydrogen-bond acceptors (Lipinski definition) is 4. The second kappa shape index (κ2) is 5.78. The summed E-state index contributed by atoms with van der Waals surface area (Å²) >= 11 is 0. The fourth-order valence-corrected chi connectivity index (χ4v) is 1.97. The van der Waals surface area contributed by atoms with Gasteiger partial charge in [-0.2, -0.15) is 0 Å². The van der Waals surface area contributed by atoms with Crippen LogP contribution in [0.25, 0.3) is 11.0 Å². The van der Waals surface area contributed by atoms with E-state index in [2.05, 4.69) is 0 Å². The molecular weight excluding hydrogens is 274 g/mol. The lowest BCUT2D eigenvalue weighted by Crippen LogP contribution is -2.34. The number of carbonyl (C=O) groups excluding carboxylic acids is 1. The number of carboxylic acids is 1. The van der Waals surface area contributed by atoms with Crippen molar-refractivity contribution in [2.75, 3.05) is 13.6 Å². The fraction of sp³-hybridized carbons (Fsp3) is 0.267. The van der Waals surface area contributed by atoms with Crippen molar-refractivity contribution in [1.82, 2.24) is 4.90 Å². The first-order valence-electron chi connectivity index (χ1n) is 6.41. The minimum absolute atomic E-state index is 0.0324. The highest BCUT2D eigenvalue weighted by atomic mass is 16.4. The Morgan fingerprint density at radius 2 is 2.00 bits per heavy atom. The first-order chi connectivity index (χ1) is 9.90. The topological polar surface area (TPSA) is 87.8 Å². The van der Waals surface area contributed by atoms with E-state index in [0.29, 0.717) is 11.0 Å². The Bertz CT molecular complexity index is 749. The highest BCUT2D eigenvalue weighted by Crippen LogP contribution is 2.13. The lowest BCUT2D eigenvalue weighted by Gasteiger charge is -2.18. The van der Waals surface area contributed by atoms with Gasteiger partial charge < -0.3 is 14.4 Å². The lowest BCUT2D eigenvalue weighted by atomic mass is 10.1. The second-order valence-electron chi connectivity index (χ2n) is 4.90. The van der Waals surface area contributed by atoms with Gasteiger partial charge in [0.1, 0.15) is 5.58 Å². The van der Waals surface area contributed by atoms with E-state index in [1.54, 1.807) is 24.3 Å². The molecule has 0 fully saturated rings. The fourth-order valence-electron chi connectivity index (χ4n) is 1.97. The molecule has 0 bridgehead atoms. The number of fused-ring (bicyclic) bond motifs is 1. The summed E-state index contributed by atoms with van der Waals surface area (Å²) in [7, 11) is 1.47. The lowest BCUT2D eigenvalue weighted by molar-refractivity contribution is -0.141. The van der Waals surface area contributed by atoms with Gasteiger partial charge >= 0.3 is 5.97 Å². The summed E-state index contributed by atoms with van der Waals surface area (Å²) in [5.74, 6) is -2.31. The first kappa shape index (κ1) is 14.8. The molecule has 1 amide bonds. The van der Waals surface area contributed by atoms with Gasteiger partial charge in [-0.3, -0.25) is 14.4 Å². The van der Waals surface area contributed by atoms with E-state index in [-0.39, 0.29) is 17.7 Å². The highest BCUT2D eigenvalue weighted by molar-refractivity contribution is 5.93. The van der Waals surface area contributed by atoms with Crippen molar-refractivity contribution in [3.05, 3.63) is 46.3 Å². The summed E-state index contributed by atoms with van der Waals surface area (Å²) < 4.78 is 5.43. The molecule has 6 heteroatoms. The van der Waals surface area contributed by atoms with Crippen LogP contribution in [0.3, 0.4) is 0 Å². The summed E-state index contributed by atoms with van der Waals surface area (Å²) in [5, 5.41) is 9.26. The predicted octanol–water partition coefficient (Wildman–Crippen LogP) is 1.59.